The number of hydrogen-bond acceptors (Lipinski definition) is 7. The van der Waals surface area contributed by atoms with Crippen LogP contribution in [0.1, 0.15) is 23.6 Å². The van der Waals surface area contributed by atoms with Crippen LogP contribution in [0.15, 0.2) is 83.1 Å². The van der Waals surface area contributed by atoms with Crippen LogP contribution >= 0.6 is 11.8 Å². The zero-order chi connectivity index (χ0) is 25.7. The highest BCUT2D eigenvalue weighted by molar-refractivity contribution is 7.99. The lowest BCUT2D eigenvalue weighted by Crippen LogP contribution is -2.21. The van der Waals surface area contributed by atoms with Crippen molar-refractivity contribution in [3.63, 3.8) is 0 Å². The summed E-state index contributed by atoms with van der Waals surface area (Å²) in [5, 5.41) is 24.4. The Morgan fingerprint density at radius 2 is 1.69 bits per heavy atom. The summed E-state index contributed by atoms with van der Waals surface area (Å²) in [6.07, 6.45) is 0. The highest BCUT2D eigenvalue weighted by Crippen LogP contribution is 2.28. The van der Waals surface area contributed by atoms with E-state index >= 15 is 0 Å². The van der Waals surface area contributed by atoms with Gasteiger partial charge in [0.15, 0.2) is 11.0 Å². The monoisotopic (exact) mass is 500 g/mol. The van der Waals surface area contributed by atoms with E-state index in [9.17, 15) is 14.9 Å². The normalized spacial score (nSPS) is 11.4. The van der Waals surface area contributed by atoms with E-state index in [2.05, 4.69) is 20.7 Å². The van der Waals surface area contributed by atoms with Gasteiger partial charge in [0.25, 0.3) is 11.6 Å². The summed E-state index contributed by atoms with van der Waals surface area (Å²) in [4.78, 5) is 23.1. The number of hydrogen-bond donors (Lipinski definition) is 1. The number of nitro benzene ring substituents is 1. The molecule has 0 unspecified atom stereocenters. The molecule has 0 spiro atoms. The summed E-state index contributed by atoms with van der Waals surface area (Å²) in [7, 11) is 0. The van der Waals surface area contributed by atoms with Gasteiger partial charge in [0.1, 0.15) is 0 Å². The molecule has 0 atom stereocenters. The molecule has 0 aliphatic carbocycles. The Labute approximate surface area is 212 Å². The lowest BCUT2D eigenvalue weighted by atomic mass is 10.1. The minimum Gasteiger partial charge on any atom is -0.272 e. The van der Waals surface area contributed by atoms with Crippen molar-refractivity contribution >= 4 is 29.1 Å². The molecule has 182 valence electrons. The summed E-state index contributed by atoms with van der Waals surface area (Å²) in [5.74, 6) is 0.408. The van der Waals surface area contributed by atoms with E-state index in [0.29, 0.717) is 22.3 Å². The van der Waals surface area contributed by atoms with Crippen LogP contribution in [0.3, 0.4) is 0 Å². The minimum absolute atomic E-state index is 0.0382. The smallest absolute Gasteiger partial charge is 0.270 e. The van der Waals surface area contributed by atoms with Gasteiger partial charge >= 0.3 is 0 Å². The molecule has 36 heavy (non-hydrogen) atoms. The van der Waals surface area contributed by atoms with Gasteiger partial charge in [0.05, 0.1) is 16.4 Å². The molecular formula is C26H24N6O3S. The number of non-ortho nitro benzene ring substituents is 1. The van der Waals surface area contributed by atoms with E-state index in [0.717, 1.165) is 22.4 Å². The minimum atomic E-state index is -0.471. The van der Waals surface area contributed by atoms with Crippen LogP contribution in [0.4, 0.5) is 5.69 Å². The van der Waals surface area contributed by atoms with Crippen molar-refractivity contribution in [2.45, 2.75) is 25.9 Å². The van der Waals surface area contributed by atoms with E-state index in [1.54, 1.807) is 19.1 Å². The van der Waals surface area contributed by atoms with Gasteiger partial charge in [-0.25, -0.2) is 5.43 Å². The Kier molecular flexibility index (Phi) is 7.55. The molecule has 0 saturated heterocycles. The summed E-state index contributed by atoms with van der Waals surface area (Å²) in [6.45, 7) is 5.72. The quantitative estimate of drug-likeness (QED) is 0.156. The van der Waals surface area contributed by atoms with Gasteiger partial charge in [-0.3, -0.25) is 19.5 Å². The number of amides is 1. The fourth-order valence-electron chi connectivity index (χ4n) is 3.40. The van der Waals surface area contributed by atoms with E-state index in [4.69, 9.17) is 0 Å². The molecule has 3 aromatic carbocycles. The van der Waals surface area contributed by atoms with Gasteiger partial charge in [-0.05, 0) is 32.9 Å². The van der Waals surface area contributed by atoms with Crippen molar-refractivity contribution < 1.29 is 9.72 Å². The predicted molar refractivity (Wildman–Crippen MR) is 140 cm³/mol. The van der Waals surface area contributed by atoms with Crippen LogP contribution in [-0.2, 0) is 4.79 Å². The zero-order valence-corrected chi connectivity index (χ0v) is 20.8. The van der Waals surface area contributed by atoms with E-state index in [1.165, 1.54) is 23.9 Å². The van der Waals surface area contributed by atoms with E-state index < -0.39 is 4.92 Å². The van der Waals surface area contributed by atoms with Crippen LogP contribution in [-0.4, -0.2) is 37.1 Å². The van der Waals surface area contributed by atoms with Crippen molar-refractivity contribution in [1.29, 1.82) is 0 Å². The molecule has 0 aliphatic heterocycles. The molecule has 0 saturated carbocycles. The molecule has 1 heterocycles. The molecule has 9 nitrogen and oxygen atoms in total. The van der Waals surface area contributed by atoms with Gasteiger partial charge in [-0.15, -0.1) is 10.2 Å². The van der Waals surface area contributed by atoms with Gasteiger partial charge in [-0.2, -0.15) is 5.10 Å². The van der Waals surface area contributed by atoms with Crippen LogP contribution in [0.2, 0.25) is 0 Å². The standard InChI is InChI=1S/C26H24N6O3S/c1-17-7-11-20(12-8-17)25-29-30-26(31(25)22-13-9-18(2)10-14-22)36-16-24(33)28-27-19(3)21-5-4-6-23(15-21)32(34)35/h4-15H,16H2,1-3H3,(H,28,33). The maximum atomic E-state index is 12.5. The summed E-state index contributed by atoms with van der Waals surface area (Å²) in [5.41, 5.74) is 7.58. The number of rotatable bonds is 8. The van der Waals surface area contributed by atoms with Crippen LogP contribution in [0.25, 0.3) is 17.1 Å². The number of thioether (sulfide) groups is 1. The zero-order valence-electron chi connectivity index (χ0n) is 20.0. The predicted octanol–water partition coefficient (Wildman–Crippen LogP) is 5.09. The third-order valence-corrected chi connectivity index (χ3v) is 6.32. The number of nitrogens with zero attached hydrogens (tertiary/aromatic N) is 5. The first kappa shape index (κ1) is 24.8. The van der Waals surface area contributed by atoms with Crippen molar-refractivity contribution in [2.24, 2.45) is 5.10 Å². The molecular weight excluding hydrogens is 476 g/mol. The summed E-state index contributed by atoms with van der Waals surface area (Å²) >= 11 is 1.25. The van der Waals surface area contributed by atoms with Gasteiger partial charge < -0.3 is 0 Å². The van der Waals surface area contributed by atoms with Crippen LogP contribution in [0.5, 0.6) is 0 Å². The number of nitrogens with one attached hydrogen (secondary N) is 1. The molecule has 1 N–H and O–H groups in total. The average molecular weight is 501 g/mol. The fourth-order valence-corrected chi connectivity index (χ4v) is 4.14. The van der Waals surface area contributed by atoms with Crippen molar-refractivity contribution in [2.75, 3.05) is 5.75 Å². The number of carbonyl (C=O) groups excluding carboxylic acids is 1. The molecule has 0 radical (unpaired) electrons. The average Bonchev–Trinajstić information content (AvgIpc) is 3.31. The Hall–Kier alpha value is -4.31. The van der Waals surface area contributed by atoms with Gasteiger partial charge in [0, 0.05) is 28.9 Å². The van der Waals surface area contributed by atoms with Crippen molar-refractivity contribution in [3.05, 3.63) is 99.6 Å². The number of hydrazone groups is 1. The number of carbonyl (C=O) groups is 1. The molecule has 0 bridgehead atoms. The molecule has 0 fully saturated rings. The first-order valence-corrected chi connectivity index (χ1v) is 12.1. The summed E-state index contributed by atoms with van der Waals surface area (Å²) < 4.78 is 1.93. The number of nitro groups is 1. The Morgan fingerprint density at radius 1 is 1.03 bits per heavy atom. The number of aromatic nitrogens is 3. The molecule has 4 aromatic rings. The number of aryl methyl sites for hydroxylation is 2. The SMILES string of the molecule is CC(=NNC(=O)CSc1nnc(-c2ccc(C)cc2)n1-c1ccc(C)cc1)c1cccc([N+](=O)[O-])c1. The third kappa shape index (κ3) is 5.84. The van der Waals surface area contributed by atoms with Crippen molar-refractivity contribution in [1.82, 2.24) is 20.2 Å². The largest absolute Gasteiger partial charge is 0.272 e. The van der Waals surface area contributed by atoms with Gasteiger partial charge in [0.2, 0.25) is 0 Å². The Balaban J connectivity index is 1.52. The summed E-state index contributed by atoms with van der Waals surface area (Å²) in [6, 6.07) is 22.1. The van der Waals surface area contributed by atoms with Crippen LogP contribution in [0, 0.1) is 24.0 Å². The van der Waals surface area contributed by atoms with E-state index in [-0.39, 0.29) is 17.3 Å². The maximum absolute atomic E-state index is 12.5. The highest BCUT2D eigenvalue weighted by Gasteiger charge is 2.17. The first-order chi connectivity index (χ1) is 17.3. The van der Waals surface area contributed by atoms with Crippen LogP contribution < -0.4 is 5.43 Å². The second kappa shape index (κ2) is 11.0. The third-order valence-electron chi connectivity index (χ3n) is 5.39. The molecule has 4 rings (SSSR count). The van der Waals surface area contributed by atoms with Crippen molar-refractivity contribution in [3.8, 4) is 17.1 Å². The molecule has 1 aromatic heterocycles. The molecule has 1 amide bonds. The first-order valence-electron chi connectivity index (χ1n) is 11.1. The second-order valence-electron chi connectivity index (χ2n) is 8.17. The Morgan fingerprint density at radius 3 is 2.36 bits per heavy atom. The van der Waals surface area contributed by atoms with Gasteiger partial charge in [-0.1, -0.05) is 71.4 Å². The van der Waals surface area contributed by atoms with E-state index in [1.807, 2.05) is 66.9 Å². The number of benzene rings is 3. The molecule has 0 aliphatic rings. The second-order valence-corrected chi connectivity index (χ2v) is 9.11. The maximum Gasteiger partial charge on any atom is 0.270 e. The lowest BCUT2D eigenvalue weighted by molar-refractivity contribution is -0.384. The topological polar surface area (TPSA) is 115 Å². The fraction of sp³-hybridized carbons (Fsp3) is 0.154. The Bertz CT molecular complexity index is 1430. The molecule has 10 heteroatoms. The highest BCUT2D eigenvalue weighted by atomic mass is 32.2. The lowest BCUT2D eigenvalue weighted by Gasteiger charge is -2.11.